The molecule has 25 heavy (non-hydrogen) atoms. The molecule has 0 aliphatic carbocycles. The summed E-state index contributed by atoms with van der Waals surface area (Å²) >= 11 is 0. The van der Waals surface area contributed by atoms with Crippen molar-refractivity contribution in [3.05, 3.63) is 59.9 Å². The molecular weight excluding hydrogens is 427 g/mol. The molecule has 0 bridgehead atoms. The van der Waals surface area contributed by atoms with E-state index in [1.165, 1.54) is 11.1 Å². The maximum atomic E-state index is 5.66. The Kier molecular flexibility index (Phi) is 10.3. The molecule has 6 heteroatoms. The minimum absolute atomic E-state index is 0. The van der Waals surface area contributed by atoms with Crippen molar-refractivity contribution in [3.8, 4) is 0 Å². The van der Waals surface area contributed by atoms with E-state index in [2.05, 4.69) is 70.7 Å². The molecule has 1 aromatic heterocycles. The standard InChI is InChI=1S/C19H28N4O.HI/c1-16(2)24-15-18-8-6-7-17(13-18)14-22-19(20-3)21-9-12-23-10-4-5-11-23;/h4-8,10-11,13,16H,9,12,14-15H2,1-3H3,(H2,20,21,22);1H. The van der Waals surface area contributed by atoms with Crippen LogP contribution in [-0.2, 0) is 24.4 Å². The second-order valence-electron chi connectivity index (χ2n) is 5.95. The molecule has 0 aliphatic heterocycles. The van der Waals surface area contributed by atoms with E-state index < -0.39 is 0 Å². The van der Waals surface area contributed by atoms with Crippen LogP contribution in [0.15, 0.2) is 53.8 Å². The van der Waals surface area contributed by atoms with Gasteiger partial charge >= 0.3 is 0 Å². The molecule has 1 heterocycles. The Morgan fingerprint density at radius 3 is 2.52 bits per heavy atom. The minimum atomic E-state index is 0. The Bertz CT molecular complexity index is 626. The van der Waals surface area contributed by atoms with Crippen LogP contribution < -0.4 is 10.6 Å². The predicted molar refractivity (Wildman–Crippen MR) is 114 cm³/mol. The number of halogens is 1. The molecule has 0 radical (unpaired) electrons. The van der Waals surface area contributed by atoms with Crippen LogP contribution in [0.25, 0.3) is 0 Å². The number of aliphatic imine (C=N–C) groups is 1. The highest BCUT2D eigenvalue weighted by Gasteiger charge is 2.01. The lowest BCUT2D eigenvalue weighted by atomic mass is 10.1. The van der Waals surface area contributed by atoms with Gasteiger partial charge in [0, 0.05) is 39.1 Å². The van der Waals surface area contributed by atoms with Gasteiger partial charge in [-0.25, -0.2) is 0 Å². The van der Waals surface area contributed by atoms with Crippen molar-refractivity contribution in [2.24, 2.45) is 4.99 Å². The summed E-state index contributed by atoms with van der Waals surface area (Å²) in [4.78, 5) is 4.26. The van der Waals surface area contributed by atoms with Gasteiger partial charge in [-0.15, -0.1) is 24.0 Å². The lowest BCUT2D eigenvalue weighted by molar-refractivity contribution is 0.0657. The number of benzene rings is 1. The zero-order valence-electron chi connectivity index (χ0n) is 15.2. The number of nitrogens with zero attached hydrogens (tertiary/aromatic N) is 2. The van der Waals surface area contributed by atoms with Crippen LogP contribution in [-0.4, -0.2) is 30.2 Å². The molecule has 0 saturated carbocycles. The zero-order valence-corrected chi connectivity index (χ0v) is 17.6. The fourth-order valence-electron chi connectivity index (χ4n) is 2.32. The monoisotopic (exact) mass is 456 g/mol. The lowest BCUT2D eigenvalue weighted by Crippen LogP contribution is -2.38. The molecule has 1 aromatic carbocycles. The minimum Gasteiger partial charge on any atom is -0.374 e. The molecule has 138 valence electrons. The number of hydrogen-bond acceptors (Lipinski definition) is 2. The van der Waals surface area contributed by atoms with Crippen molar-refractivity contribution < 1.29 is 4.74 Å². The molecule has 2 aromatic rings. The molecular formula is C19H29IN4O. The molecule has 2 N–H and O–H groups in total. The summed E-state index contributed by atoms with van der Waals surface area (Å²) in [5.74, 6) is 0.811. The van der Waals surface area contributed by atoms with Crippen LogP contribution in [0.1, 0.15) is 25.0 Å². The van der Waals surface area contributed by atoms with Gasteiger partial charge in [-0.05, 0) is 37.1 Å². The van der Waals surface area contributed by atoms with Crippen LogP contribution >= 0.6 is 24.0 Å². The van der Waals surface area contributed by atoms with E-state index in [4.69, 9.17) is 4.74 Å². The average Bonchev–Trinajstić information content (AvgIpc) is 3.10. The van der Waals surface area contributed by atoms with E-state index in [0.29, 0.717) is 6.61 Å². The van der Waals surface area contributed by atoms with E-state index in [-0.39, 0.29) is 30.1 Å². The van der Waals surface area contributed by atoms with Gasteiger partial charge in [0.1, 0.15) is 0 Å². The third-order valence-corrected chi connectivity index (χ3v) is 3.59. The molecule has 0 amide bonds. The topological polar surface area (TPSA) is 50.6 Å². The number of ether oxygens (including phenoxy) is 1. The van der Waals surface area contributed by atoms with Crippen LogP contribution in [0.4, 0.5) is 0 Å². The summed E-state index contributed by atoms with van der Waals surface area (Å²) in [7, 11) is 1.79. The van der Waals surface area contributed by atoms with Crippen LogP contribution in [0, 0.1) is 0 Å². The smallest absolute Gasteiger partial charge is 0.191 e. The number of hydrogen-bond donors (Lipinski definition) is 2. The van der Waals surface area contributed by atoms with Gasteiger partial charge in [-0.3, -0.25) is 4.99 Å². The van der Waals surface area contributed by atoms with Crippen molar-refractivity contribution in [2.45, 2.75) is 39.6 Å². The Balaban J connectivity index is 0.00000312. The SMILES string of the molecule is CN=C(NCCn1cccc1)NCc1cccc(COC(C)C)c1.I. The van der Waals surface area contributed by atoms with Gasteiger partial charge in [-0.2, -0.15) is 0 Å². The predicted octanol–water partition coefficient (Wildman–Crippen LogP) is 3.40. The molecule has 0 saturated heterocycles. The van der Waals surface area contributed by atoms with Gasteiger partial charge in [0.15, 0.2) is 5.96 Å². The third-order valence-electron chi connectivity index (χ3n) is 3.59. The lowest BCUT2D eigenvalue weighted by Gasteiger charge is -2.13. The molecule has 2 rings (SSSR count). The van der Waals surface area contributed by atoms with E-state index in [1.54, 1.807) is 7.05 Å². The largest absolute Gasteiger partial charge is 0.374 e. The fourth-order valence-corrected chi connectivity index (χ4v) is 2.32. The molecule has 0 spiro atoms. The zero-order chi connectivity index (χ0) is 17.2. The first-order chi connectivity index (χ1) is 11.7. The first-order valence-electron chi connectivity index (χ1n) is 8.42. The second-order valence-corrected chi connectivity index (χ2v) is 5.95. The summed E-state index contributed by atoms with van der Waals surface area (Å²) in [6, 6.07) is 12.5. The van der Waals surface area contributed by atoms with Gasteiger partial charge in [-0.1, -0.05) is 24.3 Å². The summed E-state index contributed by atoms with van der Waals surface area (Å²) in [6.45, 7) is 7.23. The van der Waals surface area contributed by atoms with Crippen molar-refractivity contribution in [1.82, 2.24) is 15.2 Å². The highest BCUT2D eigenvalue weighted by molar-refractivity contribution is 14.0. The van der Waals surface area contributed by atoms with Gasteiger partial charge in [0.05, 0.1) is 12.7 Å². The Hall–Kier alpha value is -1.54. The normalized spacial score (nSPS) is 11.3. The average molecular weight is 456 g/mol. The van der Waals surface area contributed by atoms with E-state index in [1.807, 2.05) is 12.1 Å². The third kappa shape index (κ3) is 8.40. The molecule has 0 fully saturated rings. The van der Waals surface area contributed by atoms with Crippen molar-refractivity contribution >= 4 is 29.9 Å². The van der Waals surface area contributed by atoms with E-state index in [9.17, 15) is 0 Å². The molecule has 0 unspecified atom stereocenters. The van der Waals surface area contributed by atoms with Gasteiger partial charge in [0.25, 0.3) is 0 Å². The first-order valence-corrected chi connectivity index (χ1v) is 8.42. The number of nitrogens with one attached hydrogen (secondary N) is 2. The Labute approximate surface area is 167 Å². The van der Waals surface area contributed by atoms with E-state index in [0.717, 1.165) is 25.6 Å². The molecule has 5 nitrogen and oxygen atoms in total. The van der Waals surface area contributed by atoms with Crippen molar-refractivity contribution in [1.29, 1.82) is 0 Å². The maximum absolute atomic E-state index is 5.66. The van der Waals surface area contributed by atoms with Crippen LogP contribution in [0.3, 0.4) is 0 Å². The number of guanidine groups is 1. The fraction of sp³-hybridized carbons (Fsp3) is 0.421. The van der Waals surface area contributed by atoms with Crippen LogP contribution in [0.5, 0.6) is 0 Å². The molecule has 0 aliphatic rings. The Morgan fingerprint density at radius 2 is 1.84 bits per heavy atom. The quantitative estimate of drug-likeness (QED) is 0.364. The highest BCUT2D eigenvalue weighted by atomic mass is 127. The van der Waals surface area contributed by atoms with E-state index >= 15 is 0 Å². The summed E-state index contributed by atoms with van der Waals surface area (Å²) in [5, 5.41) is 6.67. The van der Waals surface area contributed by atoms with Crippen molar-refractivity contribution in [3.63, 3.8) is 0 Å². The highest BCUT2D eigenvalue weighted by Crippen LogP contribution is 2.07. The maximum Gasteiger partial charge on any atom is 0.191 e. The van der Waals surface area contributed by atoms with Crippen LogP contribution in [0.2, 0.25) is 0 Å². The summed E-state index contributed by atoms with van der Waals surface area (Å²) < 4.78 is 7.80. The second kappa shape index (κ2) is 11.9. The summed E-state index contributed by atoms with van der Waals surface area (Å²) in [6.07, 6.45) is 4.36. The summed E-state index contributed by atoms with van der Waals surface area (Å²) in [5.41, 5.74) is 2.41. The molecule has 0 atom stereocenters. The number of aromatic nitrogens is 1. The van der Waals surface area contributed by atoms with Gasteiger partial charge in [0.2, 0.25) is 0 Å². The van der Waals surface area contributed by atoms with Gasteiger partial charge < -0.3 is 19.9 Å². The van der Waals surface area contributed by atoms with Crippen molar-refractivity contribution in [2.75, 3.05) is 13.6 Å². The first kappa shape index (κ1) is 21.5. The number of rotatable bonds is 8. The Morgan fingerprint density at radius 1 is 1.12 bits per heavy atom.